The van der Waals surface area contributed by atoms with Gasteiger partial charge in [-0.15, -0.1) is 0 Å². The van der Waals surface area contributed by atoms with Crippen molar-refractivity contribution < 1.29 is 14.9 Å². The molecule has 0 unspecified atom stereocenters. The molecule has 1 aromatic carbocycles. The Hall–Kier alpha value is -2.17. The van der Waals surface area contributed by atoms with E-state index in [0.29, 0.717) is 17.4 Å². The first kappa shape index (κ1) is 15.2. The van der Waals surface area contributed by atoms with E-state index in [1.807, 2.05) is 0 Å². The largest absolute Gasteiger partial charge is 0.508 e. The molecule has 5 nitrogen and oxygen atoms in total. The number of methoxy groups -OCH3 is 1. The lowest BCUT2D eigenvalue weighted by atomic mass is 10.1. The topological polar surface area (TPSA) is 71.7 Å². The third-order valence-electron chi connectivity index (χ3n) is 3.62. The van der Waals surface area contributed by atoms with Crippen LogP contribution in [0.5, 0.6) is 17.2 Å². The number of hydrogen-bond donors (Lipinski definition) is 2. The first-order valence-electron chi connectivity index (χ1n) is 7.22. The Balaban J connectivity index is 2.54. The summed E-state index contributed by atoms with van der Waals surface area (Å²) < 4.78 is 6.63. The van der Waals surface area contributed by atoms with Crippen molar-refractivity contribution in [2.45, 2.75) is 39.2 Å². The summed E-state index contributed by atoms with van der Waals surface area (Å²) in [5.41, 5.74) is 0.0904. The fraction of sp³-hybridized carbons (Fsp3) is 0.438. The monoisotopic (exact) mass is 291 g/mol. The van der Waals surface area contributed by atoms with E-state index >= 15 is 0 Å². The van der Waals surface area contributed by atoms with E-state index in [9.17, 15) is 15.0 Å². The van der Waals surface area contributed by atoms with Gasteiger partial charge in [0.15, 0.2) is 5.75 Å². The minimum absolute atomic E-state index is 0.0805. The molecule has 5 heteroatoms. The number of aromatic hydroxyl groups is 2. The van der Waals surface area contributed by atoms with Crippen LogP contribution in [0.1, 0.15) is 32.6 Å². The number of fused-ring (bicyclic) bond motifs is 1. The minimum atomic E-state index is -0.485. The Labute approximate surface area is 123 Å². The van der Waals surface area contributed by atoms with Crippen molar-refractivity contribution >= 4 is 10.9 Å². The van der Waals surface area contributed by atoms with E-state index in [2.05, 4.69) is 6.92 Å². The van der Waals surface area contributed by atoms with Gasteiger partial charge in [-0.05, 0) is 18.6 Å². The standard InChI is InChI=1S/C16H21NO4/c1-3-4-5-6-9-17-13-10-11(18)7-8-12(13)15(21-2)14(19)16(17)20/h7-8,10,18-19H,3-6,9H2,1-2H3. The molecule has 0 amide bonds. The van der Waals surface area contributed by atoms with Crippen LogP contribution in [0.4, 0.5) is 0 Å². The average molecular weight is 291 g/mol. The van der Waals surface area contributed by atoms with E-state index in [4.69, 9.17) is 4.74 Å². The van der Waals surface area contributed by atoms with Gasteiger partial charge >= 0.3 is 0 Å². The quantitative estimate of drug-likeness (QED) is 0.803. The van der Waals surface area contributed by atoms with E-state index in [-0.39, 0.29) is 17.2 Å². The van der Waals surface area contributed by atoms with E-state index in [0.717, 1.165) is 25.7 Å². The molecule has 2 rings (SSSR count). The highest BCUT2D eigenvalue weighted by molar-refractivity contribution is 5.88. The molecule has 0 spiro atoms. The SMILES string of the molecule is CCCCCCn1c(=O)c(O)c(OC)c2ccc(O)cc21. The maximum Gasteiger partial charge on any atom is 0.297 e. The molecule has 0 aliphatic heterocycles. The first-order valence-corrected chi connectivity index (χ1v) is 7.22. The molecular weight excluding hydrogens is 270 g/mol. The van der Waals surface area contributed by atoms with Crippen LogP contribution in [0.15, 0.2) is 23.0 Å². The Morgan fingerprint density at radius 1 is 1.19 bits per heavy atom. The summed E-state index contributed by atoms with van der Waals surface area (Å²) in [6.45, 7) is 2.63. The predicted molar refractivity (Wildman–Crippen MR) is 82.2 cm³/mol. The summed E-state index contributed by atoms with van der Waals surface area (Å²) in [4.78, 5) is 12.3. The van der Waals surface area contributed by atoms with Crippen molar-refractivity contribution in [3.8, 4) is 17.2 Å². The molecule has 0 fully saturated rings. The first-order chi connectivity index (χ1) is 10.1. The molecule has 114 valence electrons. The smallest absolute Gasteiger partial charge is 0.297 e. The van der Waals surface area contributed by atoms with E-state index in [1.54, 1.807) is 6.07 Å². The molecule has 1 aromatic heterocycles. The van der Waals surface area contributed by atoms with Gasteiger partial charge in [-0.1, -0.05) is 26.2 Å². The molecule has 0 aliphatic carbocycles. The number of nitrogens with zero attached hydrogens (tertiary/aromatic N) is 1. The van der Waals surface area contributed by atoms with Crippen molar-refractivity contribution in [3.05, 3.63) is 28.6 Å². The van der Waals surface area contributed by atoms with Crippen LogP contribution in [-0.4, -0.2) is 21.9 Å². The van der Waals surface area contributed by atoms with Gasteiger partial charge in [-0.3, -0.25) is 4.79 Å². The number of benzene rings is 1. The summed E-state index contributed by atoms with van der Waals surface area (Å²) >= 11 is 0. The molecule has 2 aromatic rings. The molecule has 0 saturated carbocycles. The van der Waals surface area contributed by atoms with Gasteiger partial charge in [0.25, 0.3) is 5.56 Å². The highest BCUT2D eigenvalue weighted by atomic mass is 16.5. The van der Waals surface area contributed by atoms with Gasteiger partial charge in [0, 0.05) is 18.0 Å². The van der Waals surface area contributed by atoms with Crippen molar-refractivity contribution in [2.75, 3.05) is 7.11 Å². The molecule has 1 heterocycles. The van der Waals surface area contributed by atoms with Crippen molar-refractivity contribution in [1.82, 2.24) is 4.57 Å². The number of phenols is 1. The second-order valence-electron chi connectivity index (χ2n) is 5.10. The van der Waals surface area contributed by atoms with Crippen LogP contribution >= 0.6 is 0 Å². The minimum Gasteiger partial charge on any atom is -0.508 e. The van der Waals surface area contributed by atoms with E-state index < -0.39 is 5.56 Å². The number of phenolic OH excluding ortho intramolecular Hbond substituents is 1. The molecular formula is C16H21NO4. The van der Waals surface area contributed by atoms with Gasteiger partial charge in [-0.2, -0.15) is 0 Å². The van der Waals surface area contributed by atoms with Crippen molar-refractivity contribution in [1.29, 1.82) is 0 Å². The molecule has 0 atom stereocenters. The summed E-state index contributed by atoms with van der Waals surface area (Å²) in [6, 6.07) is 4.68. The highest BCUT2D eigenvalue weighted by Gasteiger charge is 2.16. The highest BCUT2D eigenvalue weighted by Crippen LogP contribution is 2.33. The Morgan fingerprint density at radius 3 is 2.62 bits per heavy atom. The zero-order chi connectivity index (χ0) is 15.4. The predicted octanol–water partition coefficient (Wildman–Crippen LogP) is 3.00. The second-order valence-corrected chi connectivity index (χ2v) is 5.10. The van der Waals surface area contributed by atoms with E-state index in [1.165, 1.54) is 23.8 Å². The lowest BCUT2D eigenvalue weighted by Crippen LogP contribution is -2.21. The maximum absolute atomic E-state index is 12.3. The molecule has 0 aliphatic rings. The van der Waals surface area contributed by atoms with Crippen LogP contribution in [0.3, 0.4) is 0 Å². The van der Waals surface area contributed by atoms with Crippen LogP contribution in [0.2, 0.25) is 0 Å². The lowest BCUT2D eigenvalue weighted by molar-refractivity contribution is 0.370. The zero-order valence-corrected chi connectivity index (χ0v) is 12.4. The number of pyridine rings is 1. The van der Waals surface area contributed by atoms with Gasteiger partial charge in [0.05, 0.1) is 12.6 Å². The number of rotatable bonds is 6. The molecule has 2 N–H and O–H groups in total. The molecule has 0 radical (unpaired) electrons. The Bertz CT molecular complexity index is 691. The maximum atomic E-state index is 12.3. The fourth-order valence-electron chi connectivity index (χ4n) is 2.52. The third-order valence-corrected chi connectivity index (χ3v) is 3.62. The van der Waals surface area contributed by atoms with Crippen molar-refractivity contribution in [3.63, 3.8) is 0 Å². The molecule has 0 saturated heterocycles. The molecule has 0 bridgehead atoms. The number of aromatic nitrogens is 1. The summed E-state index contributed by atoms with van der Waals surface area (Å²) in [5, 5.41) is 20.3. The van der Waals surface area contributed by atoms with Crippen LogP contribution in [-0.2, 0) is 6.54 Å². The summed E-state index contributed by atoms with van der Waals surface area (Å²) in [5.74, 6) is -0.150. The number of aryl methyl sites for hydroxylation is 1. The normalized spacial score (nSPS) is 11.0. The zero-order valence-electron chi connectivity index (χ0n) is 12.4. The van der Waals surface area contributed by atoms with Gasteiger partial charge in [0.2, 0.25) is 5.75 Å². The molecule has 21 heavy (non-hydrogen) atoms. The number of ether oxygens (including phenoxy) is 1. The third kappa shape index (κ3) is 2.96. The van der Waals surface area contributed by atoms with Crippen molar-refractivity contribution in [2.24, 2.45) is 0 Å². The Kier molecular flexibility index (Phi) is 4.73. The van der Waals surface area contributed by atoms with Crippen LogP contribution in [0, 0.1) is 0 Å². The number of hydrogen-bond acceptors (Lipinski definition) is 4. The summed E-state index contributed by atoms with van der Waals surface area (Å²) in [7, 11) is 1.41. The van der Waals surface area contributed by atoms with Crippen LogP contribution < -0.4 is 10.3 Å². The second kappa shape index (κ2) is 6.52. The number of unbranched alkanes of at least 4 members (excludes halogenated alkanes) is 3. The lowest BCUT2D eigenvalue weighted by Gasteiger charge is -2.14. The van der Waals surface area contributed by atoms with Gasteiger partial charge in [0.1, 0.15) is 5.75 Å². The average Bonchev–Trinajstić information content (AvgIpc) is 2.48. The van der Waals surface area contributed by atoms with Gasteiger partial charge in [-0.25, -0.2) is 0 Å². The fourth-order valence-corrected chi connectivity index (χ4v) is 2.52. The Morgan fingerprint density at radius 2 is 1.95 bits per heavy atom. The van der Waals surface area contributed by atoms with Gasteiger partial charge < -0.3 is 19.5 Å². The van der Waals surface area contributed by atoms with Crippen LogP contribution in [0.25, 0.3) is 10.9 Å². The summed E-state index contributed by atoms with van der Waals surface area (Å²) in [6.07, 6.45) is 4.10.